The number of hydrogen-bond donors (Lipinski definition) is 1. The first-order valence-electron chi connectivity index (χ1n) is 8.46. The molecule has 1 aromatic heterocycles. The number of alkyl halides is 2. The van der Waals surface area contributed by atoms with Gasteiger partial charge in [-0.3, -0.25) is 4.79 Å². The van der Waals surface area contributed by atoms with E-state index in [1.54, 1.807) is 24.5 Å². The van der Waals surface area contributed by atoms with Gasteiger partial charge in [-0.25, -0.2) is 9.97 Å². The van der Waals surface area contributed by atoms with Crippen molar-refractivity contribution in [2.45, 2.75) is 23.6 Å². The van der Waals surface area contributed by atoms with Crippen molar-refractivity contribution in [3.8, 4) is 11.5 Å². The number of methoxy groups -OCH3 is 1. The smallest absolute Gasteiger partial charge is 0.387 e. The van der Waals surface area contributed by atoms with Crippen LogP contribution in [0.25, 0.3) is 0 Å². The lowest BCUT2D eigenvalue weighted by Crippen LogP contribution is -2.13. The molecule has 0 saturated carbocycles. The molecule has 0 fully saturated rings. The molecule has 0 spiro atoms. The summed E-state index contributed by atoms with van der Waals surface area (Å²) in [7, 11) is 1.31. The molecule has 1 heterocycles. The van der Waals surface area contributed by atoms with E-state index in [9.17, 15) is 13.6 Å². The standard InChI is InChI=1S/C20H17F2N3O3S/c1-12-10-14(29-20-23-8-3-9-24-20)5-6-15(12)25-18(26)13-4-7-16(28-19(21)22)17(11-13)27-2/h3-11,19H,1-2H3,(H,25,26). The lowest BCUT2D eigenvalue weighted by molar-refractivity contribution is -0.0512. The van der Waals surface area contributed by atoms with Crippen LogP contribution in [0.4, 0.5) is 14.5 Å². The van der Waals surface area contributed by atoms with Crippen LogP contribution < -0.4 is 14.8 Å². The molecule has 3 aromatic rings. The summed E-state index contributed by atoms with van der Waals surface area (Å²) in [5.41, 5.74) is 1.73. The van der Waals surface area contributed by atoms with Crippen LogP contribution in [-0.2, 0) is 0 Å². The number of aromatic nitrogens is 2. The lowest BCUT2D eigenvalue weighted by atomic mass is 10.1. The highest BCUT2D eigenvalue weighted by Crippen LogP contribution is 2.31. The van der Waals surface area contributed by atoms with Gasteiger partial charge in [0.1, 0.15) is 0 Å². The molecule has 3 rings (SSSR count). The van der Waals surface area contributed by atoms with Gasteiger partial charge in [0.25, 0.3) is 5.91 Å². The Balaban J connectivity index is 1.73. The van der Waals surface area contributed by atoms with Crippen molar-refractivity contribution in [2.75, 3.05) is 12.4 Å². The van der Waals surface area contributed by atoms with Crippen LogP contribution in [-0.4, -0.2) is 29.6 Å². The zero-order chi connectivity index (χ0) is 20.8. The van der Waals surface area contributed by atoms with Gasteiger partial charge in [0.05, 0.1) is 7.11 Å². The van der Waals surface area contributed by atoms with Gasteiger partial charge >= 0.3 is 6.61 Å². The fraction of sp³-hybridized carbons (Fsp3) is 0.150. The molecule has 1 amide bonds. The normalized spacial score (nSPS) is 10.7. The fourth-order valence-electron chi connectivity index (χ4n) is 2.48. The van der Waals surface area contributed by atoms with Gasteiger partial charge in [0, 0.05) is 28.5 Å². The Morgan fingerprint density at radius 3 is 2.52 bits per heavy atom. The summed E-state index contributed by atoms with van der Waals surface area (Å²) in [4.78, 5) is 21.8. The molecule has 2 aromatic carbocycles. The Bertz CT molecular complexity index is 1000. The van der Waals surface area contributed by atoms with Crippen LogP contribution in [0.15, 0.2) is 64.9 Å². The van der Waals surface area contributed by atoms with Crippen LogP contribution in [0.1, 0.15) is 15.9 Å². The van der Waals surface area contributed by atoms with E-state index >= 15 is 0 Å². The number of carbonyl (C=O) groups is 1. The van der Waals surface area contributed by atoms with Crippen molar-refractivity contribution in [2.24, 2.45) is 0 Å². The summed E-state index contributed by atoms with van der Waals surface area (Å²) in [5, 5.41) is 3.43. The summed E-state index contributed by atoms with van der Waals surface area (Å²) in [5.74, 6) is -0.495. The van der Waals surface area contributed by atoms with Crippen LogP contribution in [0.3, 0.4) is 0 Å². The molecular weight excluding hydrogens is 400 g/mol. The van der Waals surface area contributed by atoms with Crippen LogP contribution in [0.2, 0.25) is 0 Å². The SMILES string of the molecule is COc1cc(C(=O)Nc2ccc(Sc3ncccn3)cc2C)ccc1OC(F)F. The maximum absolute atomic E-state index is 12.6. The fourth-order valence-corrected chi connectivity index (χ4v) is 3.29. The number of amides is 1. The minimum absolute atomic E-state index is 0.0456. The van der Waals surface area contributed by atoms with Crippen LogP contribution >= 0.6 is 11.8 Å². The second kappa shape index (κ2) is 9.33. The monoisotopic (exact) mass is 417 g/mol. The van der Waals surface area contributed by atoms with Crippen molar-refractivity contribution >= 4 is 23.4 Å². The van der Waals surface area contributed by atoms with Gasteiger partial charge in [0.2, 0.25) is 0 Å². The Morgan fingerprint density at radius 1 is 1.10 bits per heavy atom. The zero-order valence-corrected chi connectivity index (χ0v) is 16.4. The average molecular weight is 417 g/mol. The Kier molecular flexibility index (Phi) is 6.61. The second-order valence-corrected chi connectivity index (χ2v) is 6.85. The predicted octanol–water partition coefficient (Wildman–Crippen LogP) is 4.80. The molecule has 6 nitrogen and oxygen atoms in total. The van der Waals surface area contributed by atoms with E-state index in [4.69, 9.17) is 4.74 Å². The van der Waals surface area contributed by atoms with Gasteiger partial charge in [-0.15, -0.1) is 0 Å². The molecule has 0 radical (unpaired) electrons. The Hall–Kier alpha value is -3.20. The largest absolute Gasteiger partial charge is 0.493 e. The van der Waals surface area contributed by atoms with Gasteiger partial charge in [0.15, 0.2) is 16.7 Å². The van der Waals surface area contributed by atoms with Crippen LogP contribution in [0, 0.1) is 6.92 Å². The summed E-state index contributed by atoms with van der Waals surface area (Å²) in [6.45, 7) is -1.12. The van der Waals surface area contributed by atoms with Gasteiger partial charge in [-0.2, -0.15) is 8.78 Å². The number of benzene rings is 2. The number of ether oxygens (including phenoxy) is 2. The predicted molar refractivity (Wildman–Crippen MR) is 105 cm³/mol. The summed E-state index contributed by atoms with van der Waals surface area (Å²) in [6.07, 6.45) is 3.34. The highest BCUT2D eigenvalue weighted by atomic mass is 32.2. The number of nitrogens with zero attached hydrogens (tertiary/aromatic N) is 2. The van der Waals surface area contributed by atoms with E-state index in [1.165, 1.54) is 37.1 Å². The zero-order valence-electron chi connectivity index (χ0n) is 15.6. The molecule has 0 saturated heterocycles. The average Bonchev–Trinajstić information content (AvgIpc) is 2.70. The van der Waals surface area contributed by atoms with Gasteiger partial charge in [-0.05, 0) is 66.7 Å². The van der Waals surface area contributed by atoms with Crippen LogP contribution in [0.5, 0.6) is 11.5 Å². The number of hydrogen-bond acceptors (Lipinski definition) is 6. The van der Waals surface area contributed by atoms with E-state index < -0.39 is 12.5 Å². The van der Waals surface area contributed by atoms with E-state index in [2.05, 4.69) is 20.0 Å². The number of halogens is 2. The molecule has 0 bridgehead atoms. The third kappa shape index (κ3) is 5.41. The minimum Gasteiger partial charge on any atom is -0.493 e. The van der Waals surface area contributed by atoms with Crippen molar-refractivity contribution in [3.63, 3.8) is 0 Å². The van der Waals surface area contributed by atoms with Crippen molar-refractivity contribution < 1.29 is 23.0 Å². The van der Waals surface area contributed by atoms with E-state index in [-0.39, 0.29) is 17.1 Å². The highest BCUT2D eigenvalue weighted by molar-refractivity contribution is 7.99. The first kappa shape index (κ1) is 20.5. The van der Waals surface area contributed by atoms with Gasteiger partial charge in [-0.1, -0.05) is 0 Å². The van der Waals surface area contributed by atoms with Crippen molar-refractivity contribution in [1.82, 2.24) is 9.97 Å². The summed E-state index contributed by atoms with van der Waals surface area (Å²) in [6, 6.07) is 11.3. The molecule has 29 heavy (non-hydrogen) atoms. The van der Waals surface area contributed by atoms with Gasteiger partial charge < -0.3 is 14.8 Å². The first-order chi connectivity index (χ1) is 14.0. The van der Waals surface area contributed by atoms with E-state index in [0.29, 0.717) is 10.8 Å². The number of anilines is 1. The Labute approximate surface area is 170 Å². The molecular formula is C20H17F2N3O3S. The number of nitrogens with one attached hydrogen (secondary N) is 1. The third-order valence-corrected chi connectivity index (χ3v) is 4.72. The highest BCUT2D eigenvalue weighted by Gasteiger charge is 2.15. The molecule has 0 aliphatic heterocycles. The minimum atomic E-state index is -2.98. The number of carbonyl (C=O) groups excluding carboxylic acids is 1. The molecule has 0 unspecified atom stereocenters. The quantitative estimate of drug-likeness (QED) is 0.557. The molecule has 0 aliphatic rings. The topological polar surface area (TPSA) is 73.3 Å². The van der Waals surface area contributed by atoms with Crippen molar-refractivity contribution in [1.29, 1.82) is 0 Å². The maximum Gasteiger partial charge on any atom is 0.387 e. The molecule has 150 valence electrons. The van der Waals surface area contributed by atoms with E-state index in [1.807, 2.05) is 19.1 Å². The second-order valence-electron chi connectivity index (χ2n) is 5.81. The molecule has 0 aliphatic carbocycles. The lowest BCUT2D eigenvalue weighted by Gasteiger charge is -2.13. The number of rotatable bonds is 7. The summed E-state index contributed by atoms with van der Waals surface area (Å²) < 4.78 is 34.3. The maximum atomic E-state index is 12.6. The van der Waals surface area contributed by atoms with E-state index in [0.717, 1.165) is 10.5 Å². The third-order valence-electron chi connectivity index (χ3n) is 3.84. The Morgan fingerprint density at radius 2 is 1.86 bits per heavy atom. The molecule has 9 heteroatoms. The molecule has 0 atom stereocenters. The van der Waals surface area contributed by atoms with Crippen molar-refractivity contribution in [3.05, 3.63) is 66.0 Å². The number of aryl methyl sites for hydroxylation is 1. The first-order valence-corrected chi connectivity index (χ1v) is 9.27. The molecule has 1 N–H and O–H groups in total. The summed E-state index contributed by atoms with van der Waals surface area (Å²) >= 11 is 1.41.